The van der Waals surface area contributed by atoms with E-state index in [4.69, 9.17) is 11.6 Å². The fourth-order valence-corrected chi connectivity index (χ4v) is 2.43. The summed E-state index contributed by atoms with van der Waals surface area (Å²) in [6.07, 6.45) is 4.18. The first kappa shape index (κ1) is 15.2. The first-order valence-corrected chi connectivity index (χ1v) is 6.99. The lowest BCUT2D eigenvalue weighted by Crippen LogP contribution is -2.09. The van der Waals surface area contributed by atoms with E-state index in [2.05, 4.69) is 16.4 Å². The SMILES string of the molecule is FC(F)(F)c1cnc(NCCC2=CCCCC2)c(Cl)c1. The van der Waals surface area contributed by atoms with Crippen LogP contribution in [0.3, 0.4) is 0 Å². The van der Waals surface area contributed by atoms with E-state index < -0.39 is 11.7 Å². The number of rotatable bonds is 4. The summed E-state index contributed by atoms with van der Waals surface area (Å²) in [7, 11) is 0. The smallest absolute Gasteiger partial charge is 0.369 e. The molecule has 0 fully saturated rings. The van der Waals surface area contributed by atoms with E-state index in [1.807, 2.05) is 0 Å². The summed E-state index contributed by atoms with van der Waals surface area (Å²) >= 11 is 5.82. The van der Waals surface area contributed by atoms with Crippen LogP contribution in [-0.4, -0.2) is 11.5 Å². The molecule has 1 N–H and O–H groups in total. The summed E-state index contributed by atoms with van der Waals surface area (Å²) < 4.78 is 37.4. The molecule has 1 aliphatic rings. The summed E-state index contributed by atoms with van der Waals surface area (Å²) in [4.78, 5) is 3.74. The highest BCUT2D eigenvalue weighted by molar-refractivity contribution is 6.32. The van der Waals surface area contributed by atoms with Gasteiger partial charge in [0.15, 0.2) is 0 Å². The van der Waals surface area contributed by atoms with E-state index >= 15 is 0 Å². The number of nitrogens with zero attached hydrogens (tertiary/aromatic N) is 1. The fraction of sp³-hybridized carbons (Fsp3) is 0.500. The highest BCUT2D eigenvalue weighted by Gasteiger charge is 2.31. The molecule has 0 unspecified atom stereocenters. The quantitative estimate of drug-likeness (QED) is 0.787. The lowest BCUT2D eigenvalue weighted by atomic mass is 9.97. The second-order valence-electron chi connectivity index (χ2n) is 4.84. The summed E-state index contributed by atoms with van der Waals surface area (Å²) in [5, 5.41) is 2.99. The van der Waals surface area contributed by atoms with Crippen molar-refractivity contribution in [3.63, 3.8) is 0 Å². The molecule has 20 heavy (non-hydrogen) atoms. The maximum absolute atomic E-state index is 12.5. The van der Waals surface area contributed by atoms with Crippen molar-refractivity contribution < 1.29 is 13.2 Å². The second-order valence-corrected chi connectivity index (χ2v) is 5.24. The molecule has 1 aromatic heterocycles. The number of nitrogens with one attached hydrogen (secondary N) is 1. The number of aromatic nitrogens is 1. The van der Waals surface area contributed by atoms with Gasteiger partial charge in [-0.05, 0) is 38.2 Å². The van der Waals surface area contributed by atoms with Crippen molar-refractivity contribution in [2.75, 3.05) is 11.9 Å². The molecule has 2 rings (SSSR count). The van der Waals surface area contributed by atoms with Crippen LogP contribution in [-0.2, 0) is 6.18 Å². The summed E-state index contributed by atoms with van der Waals surface area (Å²) in [5.74, 6) is 0.302. The summed E-state index contributed by atoms with van der Waals surface area (Å²) in [5.41, 5.74) is 0.565. The van der Waals surface area contributed by atoms with E-state index in [1.165, 1.54) is 18.4 Å². The predicted octanol–water partition coefficient (Wildman–Crippen LogP) is 5.06. The van der Waals surface area contributed by atoms with Gasteiger partial charge in [-0.1, -0.05) is 23.3 Å². The molecule has 2 nitrogen and oxygen atoms in total. The van der Waals surface area contributed by atoms with Gasteiger partial charge in [-0.2, -0.15) is 13.2 Å². The Morgan fingerprint density at radius 2 is 2.10 bits per heavy atom. The van der Waals surface area contributed by atoms with Crippen LogP contribution in [0.15, 0.2) is 23.9 Å². The van der Waals surface area contributed by atoms with Gasteiger partial charge >= 0.3 is 6.18 Å². The maximum Gasteiger partial charge on any atom is 0.417 e. The van der Waals surface area contributed by atoms with Gasteiger partial charge in [0.2, 0.25) is 0 Å². The normalized spacial score (nSPS) is 15.9. The fourth-order valence-electron chi connectivity index (χ4n) is 2.20. The molecule has 0 saturated heterocycles. The van der Waals surface area contributed by atoms with Crippen LogP contribution in [0.5, 0.6) is 0 Å². The molecule has 6 heteroatoms. The van der Waals surface area contributed by atoms with E-state index in [9.17, 15) is 13.2 Å². The minimum Gasteiger partial charge on any atom is -0.369 e. The Labute approximate surface area is 121 Å². The molecule has 0 saturated carbocycles. The van der Waals surface area contributed by atoms with Crippen LogP contribution in [0.2, 0.25) is 5.02 Å². The monoisotopic (exact) mass is 304 g/mol. The Bertz CT molecular complexity index is 498. The molecule has 0 amide bonds. The number of hydrogen-bond acceptors (Lipinski definition) is 2. The Morgan fingerprint density at radius 3 is 2.70 bits per heavy atom. The second kappa shape index (κ2) is 6.48. The largest absolute Gasteiger partial charge is 0.417 e. The van der Waals surface area contributed by atoms with E-state index in [0.717, 1.165) is 31.5 Å². The first-order valence-electron chi connectivity index (χ1n) is 6.61. The molecule has 1 aliphatic carbocycles. The van der Waals surface area contributed by atoms with E-state index in [0.29, 0.717) is 12.4 Å². The Morgan fingerprint density at radius 1 is 1.30 bits per heavy atom. The molecule has 0 aromatic carbocycles. The number of pyridine rings is 1. The van der Waals surface area contributed by atoms with E-state index in [1.54, 1.807) is 0 Å². The van der Waals surface area contributed by atoms with Gasteiger partial charge in [0.1, 0.15) is 5.82 Å². The topological polar surface area (TPSA) is 24.9 Å². The zero-order valence-corrected chi connectivity index (χ0v) is 11.7. The van der Waals surface area contributed by atoms with Crippen molar-refractivity contribution in [1.29, 1.82) is 0 Å². The highest BCUT2D eigenvalue weighted by Crippen LogP contribution is 2.32. The molecular weight excluding hydrogens is 289 g/mol. The van der Waals surface area contributed by atoms with Gasteiger partial charge in [0.05, 0.1) is 10.6 Å². The molecule has 1 aromatic rings. The first-order chi connectivity index (χ1) is 9.47. The number of allylic oxidation sites excluding steroid dienone is 1. The van der Waals surface area contributed by atoms with Crippen LogP contribution < -0.4 is 5.32 Å². The summed E-state index contributed by atoms with van der Waals surface area (Å²) in [6.45, 7) is 0.629. The van der Waals surface area contributed by atoms with Crippen LogP contribution in [0.4, 0.5) is 19.0 Å². The minimum absolute atomic E-state index is 0.00236. The van der Waals surface area contributed by atoms with Crippen molar-refractivity contribution >= 4 is 17.4 Å². The maximum atomic E-state index is 12.5. The average molecular weight is 305 g/mol. The van der Waals surface area contributed by atoms with Gasteiger partial charge in [-0.15, -0.1) is 0 Å². The number of alkyl halides is 3. The molecule has 0 spiro atoms. The molecular formula is C14H16ClF3N2. The molecule has 1 heterocycles. The zero-order valence-electron chi connectivity index (χ0n) is 10.9. The minimum atomic E-state index is -4.41. The third-order valence-electron chi connectivity index (χ3n) is 3.29. The highest BCUT2D eigenvalue weighted by atomic mass is 35.5. The number of halogens is 4. The van der Waals surface area contributed by atoms with Gasteiger partial charge in [-0.3, -0.25) is 0 Å². The molecule has 0 aliphatic heterocycles. The van der Waals surface area contributed by atoms with E-state index in [-0.39, 0.29) is 5.02 Å². The molecule has 0 atom stereocenters. The molecule has 0 radical (unpaired) electrons. The van der Waals surface area contributed by atoms with Crippen molar-refractivity contribution in [3.8, 4) is 0 Å². The van der Waals surface area contributed by atoms with Crippen molar-refractivity contribution in [1.82, 2.24) is 4.98 Å². The average Bonchev–Trinajstić information content (AvgIpc) is 2.40. The zero-order chi connectivity index (χ0) is 14.6. The van der Waals surface area contributed by atoms with Gasteiger partial charge in [0, 0.05) is 12.7 Å². The molecule has 0 bridgehead atoms. The van der Waals surface area contributed by atoms with Crippen molar-refractivity contribution in [2.45, 2.75) is 38.3 Å². The lowest BCUT2D eigenvalue weighted by Gasteiger charge is -2.14. The van der Waals surface area contributed by atoms with Crippen LogP contribution in [0, 0.1) is 0 Å². The third-order valence-corrected chi connectivity index (χ3v) is 3.58. The number of anilines is 1. The molecule has 110 valence electrons. The predicted molar refractivity (Wildman–Crippen MR) is 73.9 cm³/mol. The van der Waals surface area contributed by atoms with Crippen LogP contribution in [0.1, 0.15) is 37.7 Å². The number of hydrogen-bond donors (Lipinski definition) is 1. The van der Waals surface area contributed by atoms with Crippen molar-refractivity contribution in [3.05, 3.63) is 34.5 Å². The van der Waals surface area contributed by atoms with Gasteiger partial charge in [-0.25, -0.2) is 4.98 Å². The Hall–Kier alpha value is -1.23. The lowest BCUT2D eigenvalue weighted by molar-refractivity contribution is -0.137. The third kappa shape index (κ3) is 4.13. The Kier molecular flexibility index (Phi) is 4.91. The van der Waals surface area contributed by atoms with Crippen LogP contribution in [0.25, 0.3) is 0 Å². The van der Waals surface area contributed by atoms with Crippen molar-refractivity contribution in [2.24, 2.45) is 0 Å². The van der Waals surface area contributed by atoms with Gasteiger partial charge < -0.3 is 5.32 Å². The van der Waals surface area contributed by atoms with Gasteiger partial charge in [0.25, 0.3) is 0 Å². The van der Waals surface area contributed by atoms with Crippen LogP contribution >= 0.6 is 11.6 Å². The summed E-state index contributed by atoms with van der Waals surface area (Å²) in [6, 6.07) is 0.900. The standard InChI is InChI=1S/C14H16ClF3N2/c15-12-8-11(14(16,17)18)9-20-13(12)19-7-6-10-4-2-1-3-5-10/h4,8-9H,1-3,5-7H2,(H,19,20). The Balaban J connectivity index is 1.91.